The molecule has 3 heterocycles. The summed E-state index contributed by atoms with van der Waals surface area (Å²) in [5.74, 6) is -5.70. The third-order valence-electron chi connectivity index (χ3n) is 8.87. The van der Waals surface area contributed by atoms with Crippen molar-refractivity contribution in [2.24, 2.45) is 5.73 Å². The number of hydrogen-bond donors (Lipinski definition) is 9. The summed E-state index contributed by atoms with van der Waals surface area (Å²) in [6.07, 6.45) is 0. The highest BCUT2D eigenvalue weighted by Gasteiger charge is 2.64. The lowest BCUT2D eigenvalue weighted by Crippen LogP contribution is -2.71. The third-order valence-corrected chi connectivity index (χ3v) is 11.9. The van der Waals surface area contributed by atoms with Gasteiger partial charge in [0.1, 0.15) is 53.1 Å². The quantitative estimate of drug-likeness (QED) is 0.138. The Morgan fingerprint density at radius 1 is 0.800 bits per heavy atom. The number of phenols is 2. The molecular formula is C32H38N6O10S2. The van der Waals surface area contributed by atoms with Gasteiger partial charge in [0.15, 0.2) is 0 Å². The first-order valence-corrected chi connectivity index (χ1v) is 17.2. The SMILES string of the molecule is CC1(C)SC(C(NC(=O)C(N)c2ccc(O)cc2)C(=O)NC(C(=O)NC2C(=O)N3C2SC(C)(C)C3C(=O)O)c2ccc(O)cc2)NC1C(=O)O. The number of carbonyl (C=O) groups is 6. The van der Waals surface area contributed by atoms with E-state index in [1.54, 1.807) is 27.7 Å². The first kappa shape index (κ1) is 36.8. The summed E-state index contributed by atoms with van der Waals surface area (Å²) in [7, 11) is 0. The zero-order chi connectivity index (χ0) is 36.9. The number of carbonyl (C=O) groups excluding carboxylic acids is 4. The molecule has 4 amide bonds. The molecule has 2 aromatic rings. The minimum Gasteiger partial charge on any atom is -0.508 e. The molecule has 8 unspecified atom stereocenters. The van der Waals surface area contributed by atoms with E-state index in [1.807, 2.05) is 0 Å². The molecule has 0 radical (unpaired) electrons. The van der Waals surface area contributed by atoms with Crippen molar-refractivity contribution in [1.82, 2.24) is 26.2 Å². The van der Waals surface area contributed by atoms with Crippen LogP contribution in [-0.4, -0.2) is 105 Å². The maximum absolute atomic E-state index is 14.2. The molecule has 0 aliphatic carbocycles. The molecule has 3 saturated heterocycles. The summed E-state index contributed by atoms with van der Waals surface area (Å²) in [6, 6.07) is 3.24. The summed E-state index contributed by atoms with van der Waals surface area (Å²) in [4.78, 5) is 79.9. The summed E-state index contributed by atoms with van der Waals surface area (Å²) >= 11 is 2.31. The number of nitrogens with two attached hydrogens (primary N) is 1. The van der Waals surface area contributed by atoms with Crippen LogP contribution in [0.1, 0.15) is 50.9 Å². The van der Waals surface area contributed by atoms with Gasteiger partial charge < -0.3 is 47.0 Å². The smallest absolute Gasteiger partial charge is 0.327 e. The van der Waals surface area contributed by atoms with Gasteiger partial charge in [-0.3, -0.25) is 29.3 Å². The number of hydrogen-bond acceptors (Lipinski definition) is 12. The average molecular weight is 731 g/mol. The van der Waals surface area contributed by atoms with Crippen LogP contribution >= 0.6 is 23.5 Å². The van der Waals surface area contributed by atoms with Crippen LogP contribution in [-0.2, 0) is 28.8 Å². The zero-order valence-corrected chi connectivity index (χ0v) is 29.0. The Morgan fingerprint density at radius 2 is 1.36 bits per heavy atom. The van der Waals surface area contributed by atoms with E-state index in [0.717, 1.165) is 11.8 Å². The Morgan fingerprint density at radius 3 is 1.88 bits per heavy atom. The summed E-state index contributed by atoms with van der Waals surface area (Å²) in [5, 5.41) is 48.2. The van der Waals surface area contributed by atoms with Crippen molar-refractivity contribution in [2.75, 3.05) is 0 Å². The molecule has 50 heavy (non-hydrogen) atoms. The fourth-order valence-corrected chi connectivity index (χ4v) is 9.38. The molecule has 2 aromatic carbocycles. The first-order valence-electron chi connectivity index (χ1n) is 15.5. The Hall–Kier alpha value is -4.52. The molecule has 10 N–H and O–H groups in total. The minimum atomic E-state index is -1.49. The van der Waals surface area contributed by atoms with Crippen LogP contribution in [0.15, 0.2) is 48.5 Å². The number of β-lactam (4-membered cyclic amide) rings is 1. The first-order chi connectivity index (χ1) is 23.3. The zero-order valence-electron chi connectivity index (χ0n) is 27.3. The molecule has 0 saturated carbocycles. The fourth-order valence-electron chi connectivity index (χ4n) is 6.26. The summed E-state index contributed by atoms with van der Waals surface area (Å²) in [5.41, 5.74) is 6.70. The van der Waals surface area contributed by atoms with E-state index in [2.05, 4.69) is 21.3 Å². The van der Waals surface area contributed by atoms with E-state index in [1.165, 1.54) is 65.2 Å². The van der Waals surface area contributed by atoms with E-state index >= 15 is 0 Å². The number of carboxylic acids is 2. The van der Waals surface area contributed by atoms with Crippen LogP contribution in [0.5, 0.6) is 11.5 Å². The van der Waals surface area contributed by atoms with E-state index < -0.39 is 92.1 Å². The van der Waals surface area contributed by atoms with Crippen molar-refractivity contribution in [2.45, 2.75) is 84.2 Å². The Labute approximate surface area is 294 Å². The highest BCUT2D eigenvalue weighted by Crippen LogP contribution is 2.51. The number of thioether (sulfide) groups is 2. The van der Waals surface area contributed by atoms with Crippen LogP contribution in [0, 0.1) is 0 Å². The molecule has 5 rings (SSSR count). The molecule has 3 aliphatic heterocycles. The summed E-state index contributed by atoms with van der Waals surface area (Å²) < 4.78 is -1.79. The molecule has 0 spiro atoms. The van der Waals surface area contributed by atoms with Crippen LogP contribution in [0.4, 0.5) is 0 Å². The number of aromatic hydroxyl groups is 2. The Bertz CT molecular complexity index is 1710. The van der Waals surface area contributed by atoms with Gasteiger partial charge in [0.25, 0.3) is 0 Å². The topological polar surface area (TPSA) is 261 Å². The van der Waals surface area contributed by atoms with Gasteiger partial charge in [-0.15, -0.1) is 23.5 Å². The Kier molecular flexibility index (Phi) is 10.0. The maximum atomic E-state index is 14.2. The van der Waals surface area contributed by atoms with Gasteiger partial charge >= 0.3 is 11.9 Å². The predicted octanol–water partition coefficient (Wildman–Crippen LogP) is -0.0341. The van der Waals surface area contributed by atoms with Gasteiger partial charge in [0.2, 0.25) is 23.6 Å². The molecule has 18 heteroatoms. The lowest BCUT2D eigenvalue weighted by atomic mass is 9.95. The lowest BCUT2D eigenvalue weighted by molar-refractivity contribution is -0.161. The number of benzene rings is 2. The van der Waals surface area contributed by atoms with Gasteiger partial charge in [0, 0.05) is 9.49 Å². The van der Waals surface area contributed by atoms with Crippen molar-refractivity contribution in [3.63, 3.8) is 0 Å². The van der Waals surface area contributed by atoms with Gasteiger partial charge in [-0.05, 0) is 63.1 Å². The molecule has 268 valence electrons. The van der Waals surface area contributed by atoms with Crippen molar-refractivity contribution in [3.05, 3.63) is 59.7 Å². The molecule has 16 nitrogen and oxygen atoms in total. The Balaban J connectivity index is 1.42. The second-order valence-electron chi connectivity index (χ2n) is 13.3. The predicted molar refractivity (Wildman–Crippen MR) is 182 cm³/mol. The molecule has 0 bridgehead atoms. The fraction of sp³-hybridized carbons (Fsp3) is 0.438. The second kappa shape index (κ2) is 13.7. The molecule has 8 atom stereocenters. The molecule has 0 aromatic heterocycles. The van der Waals surface area contributed by atoms with Gasteiger partial charge in [0.05, 0.1) is 5.37 Å². The number of nitrogens with zero attached hydrogens (tertiary/aromatic N) is 1. The number of aliphatic carboxylic acids is 2. The number of amides is 4. The minimum absolute atomic E-state index is 0.0566. The standard InChI is InChI=1S/C32H38N6O10S2/c1-31(2)21(29(45)46)37-26(49-31)19(35-23(41)17(33)13-5-9-15(39)10-6-13)25(43)34-18(14-7-11-16(40)12-8-14)24(42)36-20-27(44)38-22(30(47)48)32(3,4)50-28(20)38/h5-12,17-22,26,28,37,39-40H,33H2,1-4H3,(H,34,43)(H,35,41)(H,36,42)(H,45,46)(H,47,48). The summed E-state index contributed by atoms with van der Waals surface area (Å²) in [6.45, 7) is 6.69. The lowest BCUT2D eigenvalue weighted by Gasteiger charge is -2.44. The van der Waals surface area contributed by atoms with Crippen LogP contribution in [0.25, 0.3) is 0 Å². The molecule has 3 aliphatic rings. The van der Waals surface area contributed by atoms with Crippen molar-refractivity contribution in [1.29, 1.82) is 0 Å². The van der Waals surface area contributed by atoms with Crippen molar-refractivity contribution in [3.8, 4) is 11.5 Å². The molecular weight excluding hydrogens is 693 g/mol. The number of fused-ring (bicyclic) bond motifs is 1. The monoisotopic (exact) mass is 730 g/mol. The number of phenolic OH excluding ortho intramolecular Hbond substituents is 2. The van der Waals surface area contributed by atoms with Crippen molar-refractivity contribution >= 4 is 59.1 Å². The molecule has 3 fully saturated rings. The van der Waals surface area contributed by atoms with Gasteiger partial charge in [-0.25, -0.2) is 4.79 Å². The maximum Gasteiger partial charge on any atom is 0.327 e. The van der Waals surface area contributed by atoms with E-state index in [0.29, 0.717) is 5.56 Å². The average Bonchev–Trinajstić information content (AvgIpc) is 3.51. The third kappa shape index (κ3) is 7.05. The second-order valence-corrected chi connectivity index (χ2v) is 16.8. The van der Waals surface area contributed by atoms with Crippen molar-refractivity contribution < 1.29 is 49.2 Å². The van der Waals surface area contributed by atoms with Crippen LogP contribution in [0.2, 0.25) is 0 Å². The highest BCUT2D eigenvalue weighted by atomic mass is 32.2. The normalized spacial score (nSPS) is 26.5. The van der Waals surface area contributed by atoms with Crippen LogP contribution < -0.4 is 27.0 Å². The van der Waals surface area contributed by atoms with E-state index in [-0.39, 0.29) is 17.1 Å². The highest BCUT2D eigenvalue weighted by molar-refractivity contribution is 8.02. The van der Waals surface area contributed by atoms with Gasteiger partial charge in [-0.2, -0.15) is 0 Å². The number of rotatable bonds is 11. The van der Waals surface area contributed by atoms with E-state index in [9.17, 15) is 49.2 Å². The van der Waals surface area contributed by atoms with E-state index in [4.69, 9.17) is 5.73 Å². The number of carboxylic acid groups (broad SMARTS) is 2. The number of nitrogens with one attached hydrogen (secondary N) is 4. The van der Waals surface area contributed by atoms with Gasteiger partial charge in [-0.1, -0.05) is 24.3 Å². The largest absolute Gasteiger partial charge is 0.508 e. The van der Waals surface area contributed by atoms with Crippen LogP contribution in [0.3, 0.4) is 0 Å².